The highest BCUT2D eigenvalue weighted by molar-refractivity contribution is 6.30. The third-order valence-corrected chi connectivity index (χ3v) is 6.17. The molecule has 0 saturated heterocycles. The van der Waals surface area contributed by atoms with Crippen molar-refractivity contribution in [2.45, 2.75) is 71.0 Å². The van der Waals surface area contributed by atoms with Gasteiger partial charge in [-0.3, -0.25) is 9.59 Å². The second kappa shape index (κ2) is 11.9. The molecule has 0 bridgehead atoms. The molecule has 2 amide bonds. The van der Waals surface area contributed by atoms with Gasteiger partial charge in [0.2, 0.25) is 11.8 Å². The Morgan fingerprint density at radius 3 is 2.56 bits per heavy atom. The summed E-state index contributed by atoms with van der Waals surface area (Å²) in [6, 6.07) is 14.9. The topological polar surface area (TPSA) is 58.6 Å². The van der Waals surface area contributed by atoms with E-state index in [1.807, 2.05) is 44.2 Å². The number of aryl methyl sites for hydroxylation is 1. The minimum Gasteiger partial charge on any atom is -0.494 e. The highest BCUT2D eigenvalue weighted by Crippen LogP contribution is 2.19. The molecule has 0 spiro atoms. The van der Waals surface area contributed by atoms with Crippen molar-refractivity contribution in [1.29, 1.82) is 0 Å². The van der Waals surface area contributed by atoms with Crippen molar-refractivity contribution in [2.24, 2.45) is 0 Å². The minimum absolute atomic E-state index is 0.0414. The van der Waals surface area contributed by atoms with Crippen LogP contribution in [-0.2, 0) is 16.1 Å². The predicted octanol–water partition coefficient (Wildman–Crippen LogP) is 5.28. The number of ether oxygens (including phenoxy) is 1. The van der Waals surface area contributed by atoms with Crippen LogP contribution >= 0.6 is 11.6 Å². The molecule has 1 aliphatic rings. The molecule has 172 valence electrons. The molecule has 5 nitrogen and oxygen atoms in total. The lowest BCUT2D eigenvalue weighted by Crippen LogP contribution is -2.49. The van der Waals surface area contributed by atoms with Crippen LogP contribution in [0, 0.1) is 6.92 Å². The summed E-state index contributed by atoms with van der Waals surface area (Å²) >= 11 is 5.90. The van der Waals surface area contributed by atoms with Crippen molar-refractivity contribution in [3.63, 3.8) is 0 Å². The van der Waals surface area contributed by atoms with Gasteiger partial charge in [0.1, 0.15) is 11.8 Å². The summed E-state index contributed by atoms with van der Waals surface area (Å²) in [5.74, 6) is 0.610. The third kappa shape index (κ3) is 7.27. The van der Waals surface area contributed by atoms with Gasteiger partial charge in [-0.25, -0.2) is 0 Å². The van der Waals surface area contributed by atoms with E-state index in [0.29, 0.717) is 31.0 Å². The fourth-order valence-corrected chi connectivity index (χ4v) is 4.20. The average molecular weight is 457 g/mol. The number of carbonyl (C=O) groups is 2. The van der Waals surface area contributed by atoms with E-state index in [1.165, 1.54) is 0 Å². The molecule has 6 heteroatoms. The van der Waals surface area contributed by atoms with Crippen LogP contribution in [0.5, 0.6) is 5.75 Å². The summed E-state index contributed by atoms with van der Waals surface area (Å²) in [5, 5.41) is 3.79. The molecule has 1 fully saturated rings. The van der Waals surface area contributed by atoms with E-state index in [4.69, 9.17) is 16.3 Å². The Morgan fingerprint density at radius 1 is 1.16 bits per heavy atom. The molecule has 0 heterocycles. The Labute approximate surface area is 196 Å². The van der Waals surface area contributed by atoms with Crippen LogP contribution in [0.1, 0.15) is 56.6 Å². The van der Waals surface area contributed by atoms with E-state index < -0.39 is 6.04 Å². The van der Waals surface area contributed by atoms with Crippen LogP contribution < -0.4 is 10.1 Å². The van der Waals surface area contributed by atoms with Gasteiger partial charge in [-0.2, -0.15) is 0 Å². The van der Waals surface area contributed by atoms with E-state index >= 15 is 0 Å². The Kier molecular flexibility index (Phi) is 8.98. The van der Waals surface area contributed by atoms with Gasteiger partial charge in [0, 0.05) is 24.0 Å². The van der Waals surface area contributed by atoms with Crippen molar-refractivity contribution in [3.05, 3.63) is 64.7 Å². The molecule has 0 aromatic heterocycles. The lowest BCUT2D eigenvalue weighted by molar-refractivity contribution is -0.141. The van der Waals surface area contributed by atoms with Crippen LogP contribution in [0.25, 0.3) is 0 Å². The van der Waals surface area contributed by atoms with Gasteiger partial charge in [0.15, 0.2) is 0 Å². The lowest BCUT2D eigenvalue weighted by atomic mass is 10.1. The first-order valence-electron chi connectivity index (χ1n) is 11.5. The highest BCUT2D eigenvalue weighted by Gasteiger charge is 2.28. The largest absolute Gasteiger partial charge is 0.494 e. The van der Waals surface area contributed by atoms with E-state index in [0.717, 1.165) is 42.6 Å². The number of amides is 2. The number of hydrogen-bond acceptors (Lipinski definition) is 3. The SMILES string of the molecule is Cc1cccc(CN(C(=O)CCCOc2ccc(Cl)cc2)[C@@H](C)C(=O)NC2CCCC2)c1. The number of carbonyl (C=O) groups excluding carboxylic acids is 2. The maximum atomic E-state index is 13.1. The Hall–Kier alpha value is -2.53. The second-order valence-corrected chi connectivity index (χ2v) is 9.02. The molecule has 1 atom stereocenters. The first kappa shape index (κ1) is 24.1. The fourth-order valence-electron chi connectivity index (χ4n) is 4.07. The molecule has 0 unspecified atom stereocenters. The molecular formula is C26H33ClN2O3. The average Bonchev–Trinajstić information content (AvgIpc) is 3.28. The second-order valence-electron chi connectivity index (χ2n) is 8.58. The zero-order valence-electron chi connectivity index (χ0n) is 19.0. The quantitative estimate of drug-likeness (QED) is 0.494. The molecule has 1 saturated carbocycles. The Bertz CT molecular complexity index is 894. The summed E-state index contributed by atoms with van der Waals surface area (Å²) in [6.07, 6.45) is 5.24. The van der Waals surface area contributed by atoms with Crippen LogP contribution in [0.4, 0.5) is 0 Å². The van der Waals surface area contributed by atoms with Gasteiger partial charge < -0.3 is 15.0 Å². The number of nitrogens with one attached hydrogen (secondary N) is 1. The van der Waals surface area contributed by atoms with Gasteiger partial charge in [-0.05, 0) is 62.9 Å². The normalized spacial score (nSPS) is 14.7. The van der Waals surface area contributed by atoms with E-state index in [1.54, 1.807) is 17.0 Å². The smallest absolute Gasteiger partial charge is 0.242 e. The number of hydrogen-bond donors (Lipinski definition) is 1. The summed E-state index contributed by atoms with van der Waals surface area (Å²) in [5.41, 5.74) is 2.16. The van der Waals surface area contributed by atoms with Gasteiger partial charge in [-0.15, -0.1) is 0 Å². The number of rotatable bonds is 10. The molecule has 1 N–H and O–H groups in total. The summed E-state index contributed by atoms with van der Waals surface area (Å²) in [6.45, 7) is 4.69. The summed E-state index contributed by atoms with van der Waals surface area (Å²) in [7, 11) is 0. The number of halogens is 1. The van der Waals surface area contributed by atoms with Crippen molar-refractivity contribution < 1.29 is 14.3 Å². The maximum Gasteiger partial charge on any atom is 0.242 e. The van der Waals surface area contributed by atoms with Crippen molar-refractivity contribution in [3.8, 4) is 5.75 Å². The predicted molar refractivity (Wildman–Crippen MR) is 128 cm³/mol. The molecule has 1 aliphatic carbocycles. The highest BCUT2D eigenvalue weighted by atomic mass is 35.5. The lowest BCUT2D eigenvalue weighted by Gasteiger charge is -2.30. The first-order chi connectivity index (χ1) is 15.4. The van der Waals surface area contributed by atoms with Crippen LogP contribution in [0.3, 0.4) is 0 Å². The van der Waals surface area contributed by atoms with Gasteiger partial charge in [0.05, 0.1) is 6.61 Å². The minimum atomic E-state index is -0.527. The number of benzene rings is 2. The third-order valence-electron chi connectivity index (χ3n) is 5.92. The Morgan fingerprint density at radius 2 is 1.88 bits per heavy atom. The molecule has 0 aliphatic heterocycles. The van der Waals surface area contributed by atoms with Gasteiger partial charge in [0.25, 0.3) is 0 Å². The van der Waals surface area contributed by atoms with Crippen molar-refractivity contribution in [1.82, 2.24) is 10.2 Å². The maximum absolute atomic E-state index is 13.1. The standard InChI is InChI=1S/C26H33ClN2O3/c1-19-7-5-8-21(17-19)18-29(20(2)26(31)28-23-9-3-4-10-23)25(30)11-6-16-32-24-14-12-22(27)13-15-24/h5,7-8,12-15,17,20,23H,3-4,6,9-11,16,18H2,1-2H3,(H,28,31)/t20-/m0/s1. The zero-order chi connectivity index (χ0) is 22.9. The van der Waals surface area contributed by atoms with Crippen LogP contribution in [-0.4, -0.2) is 35.4 Å². The molecule has 0 radical (unpaired) electrons. The van der Waals surface area contributed by atoms with Crippen LogP contribution in [0.15, 0.2) is 48.5 Å². The molecule has 2 aromatic rings. The zero-order valence-corrected chi connectivity index (χ0v) is 19.7. The van der Waals surface area contributed by atoms with E-state index in [-0.39, 0.29) is 17.9 Å². The first-order valence-corrected chi connectivity index (χ1v) is 11.8. The fraction of sp³-hybridized carbons (Fsp3) is 0.462. The summed E-state index contributed by atoms with van der Waals surface area (Å²) < 4.78 is 5.71. The molecule has 32 heavy (non-hydrogen) atoms. The van der Waals surface area contributed by atoms with Crippen molar-refractivity contribution in [2.75, 3.05) is 6.61 Å². The van der Waals surface area contributed by atoms with Gasteiger partial charge in [-0.1, -0.05) is 54.3 Å². The molecular weight excluding hydrogens is 424 g/mol. The Balaban J connectivity index is 1.59. The van der Waals surface area contributed by atoms with E-state index in [9.17, 15) is 9.59 Å². The number of nitrogens with zero attached hydrogens (tertiary/aromatic N) is 1. The van der Waals surface area contributed by atoms with Crippen molar-refractivity contribution >= 4 is 23.4 Å². The molecule has 2 aromatic carbocycles. The van der Waals surface area contributed by atoms with E-state index in [2.05, 4.69) is 11.4 Å². The molecule has 3 rings (SSSR count). The monoisotopic (exact) mass is 456 g/mol. The van der Waals surface area contributed by atoms with Crippen LogP contribution in [0.2, 0.25) is 5.02 Å². The summed E-state index contributed by atoms with van der Waals surface area (Å²) in [4.78, 5) is 27.7. The van der Waals surface area contributed by atoms with Gasteiger partial charge >= 0.3 is 0 Å².